The summed E-state index contributed by atoms with van der Waals surface area (Å²) in [5, 5.41) is 27.9. The number of nitrogens with zero attached hydrogens (tertiary/aromatic N) is 3. The minimum absolute atomic E-state index is 0.00512. The second-order valence-electron chi connectivity index (χ2n) is 9.29. The van der Waals surface area contributed by atoms with E-state index in [1.165, 1.54) is 6.07 Å². The van der Waals surface area contributed by atoms with Gasteiger partial charge in [-0.25, -0.2) is 9.78 Å². The molecular formula is C31H25ClN4O4. The molecule has 5 aromatic rings. The van der Waals surface area contributed by atoms with Crippen LogP contribution in [0.4, 0.5) is 0 Å². The van der Waals surface area contributed by atoms with E-state index in [0.717, 1.165) is 16.7 Å². The van der Waals surface area contributed by atoms with Gasteiger partial charge in [0.25, 0.3) is 5.91 Å². The number of halogens is 1. The van der Waals surface area contributed by atoms with Crippen LogP contribution < -0.4 is 5.32 Å². The molecule has 0 aliphatic heterocycles. The molecule has 5 rings (SSSR count). The third kappa shape index (κ3) is 6.54. The fraction of sp³-hybridized carbons (Fsp3) is 0.0968. The molecule has 0 saturated heterocycles. The number of benzene rings is 3. The number of carboxylic acids is 1. The minimum atomic E-state index is -1.16. The summed E-state index contributed by atoms with van der Waals surface area (Å²) in [6.45, 7) is 0.391. The lowest BCUT2D eigenvalue weighted by atomic mass is 10.0. The van der Waals surface area contributed by atoms with Gasteiger partial charge in [0.15, 0.2) is 0 Å². The van der Waals surface area contributed by atoms with E-state index < -0.39 is 11.9 Å². The zero-order valence-corrected chi connectivity index (χ0v) is 22.0. The zero-order valence-electron chi connectivity index (χ0n) is 21.2. The molecule has 2 aromatic heterocycles. The maximum Gasteiger partial charge on any atom is 0.336 e. The second-order valence-corrected chi connectivity index (χ2v) is 9.73. The summed E-state index contributed by atoms with van der Waals surface area (Å²) in [6, 6.07) is 22.1. The normalized spacial score (nSPS) is 12.0. The Morgan fingerprint density at radius 1 is 0.975 bits per heavy atom. The smallest absolute Gasteiger partial charge is 0.336 e. The average molecular weight is 553 g/mol. The van der Waals surface area contributed by atoms with E-state index in [0.29, 0.717) is 28.9 Å². The van der Waals surface area contributed by atoms with Crippen molar-refractivity contribution in [3.8, 4) is 5.75 Å². The number of amides is 1. The first-order valence-electron chi connectivity index (χ1n) is 12.5. The quantitative estimate of drug-likeness (QED) is 0.202. The van der Waals surface area contributed by atoms with E-state index in [2.05, 4.69) is 15.4 Å². The molecule has 9 heteroatoms. The van der Waals surface area contributed by atoms with Crippen molar-refractivity contribution in [3.63, 3.8) is 0 Å². The van der Waals surface area contributed by atoms with Crippen molar-refractivity contribution in [2.75, 3.05) is 0 Å². The van der Waals surface area contributed by atoms with Gasteiger partial charge < -0.3 is 15.5 Å². The van der Waals surface area contributed by atoms with E-state index >= 15 is 0 Å². The SMILES string of the molecule is O=C(N[C@@H](Cc1ccc(O)cc1)Cn1cccn1)c1cc(C(=O)O)c2cc(/C=C/c3ccc(Cl)cc3)ccc2n1. The highest BCUT2D eigenvalue weighted by atomic mass is 35.5. The summed E-state index contributed by atoms with van der Waals surface area (Å²) in [5.74, 6) is -1.49. The van der Waals surface area contributed by atoms with E-state index in [4.69, 9.17) is 11.6 Å². The van der Waals surface area contributed by atoms with Crippen LogP contribution in [0.5, 0.6) is 5.75 Å². The number of nitrogens with one attached hydrogen (secondary N) is 1. The molecule has 3 N–H and O–H groups in total. The van der Waals surface area contributed by atoms with Crippen molar-refractivity contribution in [2.45, 2.75) is 19.0 Å². The van der Waals surface area contributed by atoms with Gasteiger partial charge in [0.1, 0.15) is 11.4 Å². The summed E-state index contributed by atoms with van der Waals surface area (Å²) in [5.41, 5.74) is 3.04. The van der Waals surface area contributed by atoms with Gasteiger partial charge in [0.05, 0.1) is 23.7 Å². The molecule has 200 valence electrons. The van der Waals surface area contributed by atoms with Crippen LogP contribution in [0.15, 0.2) is 91.3 Å². The molecule has 1 atom stereocenters. The van der Waals surface area contributed by atoms with E-state index in [-0.39, 0.29) is 23.0 Å². The fourth-order valence-electron chi connectivity index (χ4n) is 4.38. The summed E-state index contributed by atoms with van der Waals surface area (Å²) < 4.78 is 1.71. The molecule has 0 saturated carbocycles. The van der Waals surface area contributed by atoms with Crippen LogP contribution in [0, 0.1) is 0 Å². The number of pyridine rings is 1. The molecule has 0 aliphatic rings. The number of phenols is 1. The van der Waals surface area contributed by atoms with Crippen molar-refractivity contribution in [2.24, 2.45) is 0 Å². The molecule has 0 bridgehead atoms. The molecule has 0 fully saturated rings. The van der Waals surface area contributed by atoms with Crippen molar-refractivity contribution in [1.82, 2.24) is 20.1 Å². The van der Waals surface area contributed by atoms with Crippen LogP contribution in [0.2, 0.25) is 5.02 Å². The number of hydrogen-bond donors (Lipinski definition) is 3. The number of carboxylic acid groups (broad SMARTS) is 1. The van der Waals surface area contributed by atoms with Crippen LogP contribution in [0.3, 0.4) is 0 Å². The molecule has 0 radical (unpaired) electrons. The first-order valence-corrected chi connectivity index (χ1v) is 12.9. The van der Waals surface area contributed by atoms with Crippen molar-refractivity contribution in [3.05, 3.63) is 124 Å². The Bertz CT molecular complexity index is 1680. The van der Waals surface area contributed by atoms with Crippen molar-refractivity contribution < 1.29 is 19.8 Å². The fourth-order valence-corrected chi connectivity index (χ4v) is 4.50. The Morgan fingerprint density at radius 2 is 1.70 bits per heavy atom. The Kier molecular flexibility index (Phi) is 7.89. The third-order valence-electron chi connectivity index (χ3n) is 6.35. The van der Waals surface area contributed by atoms with Gasteiger partial charge in [-0.2, -0.15) is 5.10 Å². The molecular weight excluding hydrogens is 528 g/mol. The number of fused-ring (bicyclic) bond motifs is 1. The van der Waals surface area contributed by atoms with Crippen LogP contribution >= 0.6 is 11.6 Å². The highest BCUT2D eigenvalue weighted by Crippen LogP contribution is 2.23. The third-order valence-corrected chi connectivity index (χ3v) is 6.61. The minimum Gasteiger partial charge on any atom is -0.508 e. The lowest BCUT2D eigenvalue weighted by molar-refractivity contribution is 0.0699. The number of aromatic hydroxyl groups is 1. The number of aromatic nitrogens is 3. The van der Waals surface area contributed by atoms with Crippen molar-refractivity contribution >= 4 is 46.5 Å². The maximum absolute atomic E-state index is 13.3. The predicted molar refractivity (Wildman–Crippen MR) is 154 cm³/mol. The van der Waals surface area contributed by atoms with Gasteiger partial charge in [-0.3, -0.25) is 9.48 Å². The number of carbonyl (C=O) groups is 2. The largest absolute Gasteiger partial charge is 0.508 e. The van der Waals surface area contributed by atoms with Gasteiger partial charge in [-0.1, -0.05) is 54.1 Å². The Balaban J connectivity index is 1.41. The summed E-state index contributed by atoms with van der Waals surface area (Å²) in [4.78, 5) is 30.0. The number of phenolic OH excluding ortho intramolecular Hbond substituents is 1. The van der Waals surface area contributed by atoms with E-state index in [1.54, 1.807) is 71.7 Å². The summed E-state index contributed by atoms with van der Waals surface area (Å²) in [6.07, 6.45) is 7.70. The molecule has 0 aliphatic carbocycles. The van der Waals surface area contributed by atoms with Crippen LogP contribution in [0.25, 0.3) is 23.1 Å². The highest BCUT2D eigenvalue weighted by molar-refractivity contribution is 6.30. The van der Waals surface area contributed by atoms with Crippen LogP contribution in [0.1, 0.15) is 37.5 Å². The molecule has 0 spiro atoms. The van der Waals surface area contributed by atoms with Gasteiger partial charge in [0.2, 0.25) is 0 Å². The topological polar surface area (TPSA) is 117 Å². The summed E-state index contributed by atoms with van der Waals surface area (Å²) in [7, 11) is 0. The molecule has 2 heterocycles. The molecule has 40 heavy (non-hydrogen) atoms. The number of aromatic carboxylic acids is 1. The molecule has 3 aromatic carbocycles. The Hall–Kier alpha value is -4.95. The number of hydrogen-bond acceptors (Lipinski definition) is 5. The summed E-state index contributed by atoms with van der Waals surface area (Å²) >= 11 is 5.95. The lowest BCUT2D eigenvalue weighted by Gasteiger charge is -2.19. The predicted octanol–water partition coefficient (Wildman–Crippen LogP) is 5.70. The van der Waals surface area contributed by atoms with Gasteiger partial charge in [0, 0.05) is 22.8 Å². The molecule has 1 amide bonds. The molecule has 0 unspecified atom stereocenters. The van der Waals surface area contributed by atoms with E-state index in [9.17, 15) is 19.8 Å². The zero-order chi connectivity index (χ0) is 28.1. The number of rotatable bonds is 9. The monoisotopic (exact) mass is 552 g/mol. The van der Waals surface area contributed by atoms with Crippen LogP contribution in [-0.4, -0.2) is 42.9 Å². The van der Waals surface area contributed by atoms with Crippen molar-refractivity contribution in [1.29, 1.82) is 0 Å². The maximum atomic E-state index is 13.3. The average Bonchev–Trinajstić information content (AvgIpc) is 3.46. The van der Waals surface area contributed by atoms with Gasteiger partial charge in [-0.05, 0) is 71.6 Å². The highest BCUT2D eigenvalue weighted by Gasteiger charge is 2.20. The Morgan fingerprint density at radius 3 is 2.40 bits per heavy atom. The van der Waals surface area contributed by atoms with Gasteiger partial charge in [-0.15, -0.1) is 0 Å². The first-order chi connectivity index (χ1) is 19.3. The second kappa shape index (κ2) is 11.8. The standard InChI is InChI=1S/C31H25ClN4O4/c32-23-9-4-20(5-10-23)2-3-22-8-13-28-26(17-22)27(31(39)40)18-29(35-28)30(38)34-24(19-36-15-1-14-33-36)16-21-6-11-25(37)12-7-21/h1-15,17-18,24,37H,16,19H2,(H,34,38)(H,39,40)/b3-2+/t24-/m0/s1. The Labute approximate surface area is 235 Å². The van der Waals surface area contributed by atoms with Crippen LogP contribution in [-0.2, 0) is 13.0 Å². The van der Waals surface area contributed by atoms with E-state index in [1.807, 2.05) is 30.4 Å². The molecule has 8 nitrogen and oxygen atoms in total. The first kappa shape index (κ1) is 26.6. The van der Waals surface area contributed by atoms with Gasteiger partial charge >= 0.3 is 5.97 Å². The lowest BCUT2D eigenvalue weighted by Crippen LogP contribution is -2.40. The number of carbonyl (C=O) groups excluding carboxylic acids is 1.